The lowest BCUT2D eigenvalue weighted by atomic mass is 10.1. The number of para-hydroxylation sites is 1. The van der Waals surface area contributed by atoms with Crippen molar-refractivity contribution in [2.24, 2.45) is 0 Å². The monoisotopic (exact) mass is 310 g/mol. The van der Waals surface area contributed by atoms with Gasteiger partial charge in [0, 0.05) is 31.1 Å². The normalized spacial score (nSPS) is 10.7. The van der Waals surface area contributed by atoms with Crippen LogP contribution in [0.2, 0.25) is 0 Å². The second-order valence-electron chi connectivity index (χ2n) is 5.21. The van der Waals surface area contributed by atoms with E-state index >= 15 is 0 Å². The minimum Gasteiger partial charge on any atom is -0.336 e. The zero-order chi connectivity index (χ0) is 16.4. The van der Waals surface area contributed by atoms with Crippen LogP contribution in [0.25, 0.3) is 10.9 Å². The van der Waals surface area contributed by atoms with Crippen molar-refractivity contribution in [3.63, 3.8) is 0 Å². The van der Waals surface area contributed by atoms with Crippen LogP contribution in [0.15, 0.2) is 48.5 Å². The van der Waals surface area contributed by atoms with Gasteiger partial charge in [-0.2, -0.15) is 5.10 Å². The molecule has 0 spiro atoms. The summed E-state index contributed by atoms with van der Waals surface area (Å²) in [7, 11) is 1.64. The Morgan fingerprint density at radius 2 is 2.04 bits per heavy atom. The number of benzene rings is 2. The Bertz CT molecular complexity index is 888. The highest BCUT2D eigenvalue weighted by atomic mass is 16.6. The van der Waals surface area contributed by atoms with Crippen LogP contribution in [0.5, 0.6) is 0 Å². The average molecular weight is 310 g/mol. The van der Waals surface area contributed by atoms with Gasteiger partial charge in [-0.05, 0) is 11.6 Å². The Kier molecular flexibility index (Phi) is 3.76. The molecular weight excluding hydrogens is 296 g/mol. The standard InChI is InChI=1S/C16H14N4O3/c1-19(10-11-5-4-6-12(9-11)20(22)23)16(21)15-13-7-2-3-8-14(13)17-18-15/h2-9H,10H2,1H3,(H,17,18). The van der Waals surface area contributed by atoms with Gasteiger partial charge >= 0.3 is 0 Å². The van der Waals surface area contributed by atoms with Gasteiger partial charge in [-0.1, -0.05) is 30.3 Å². The molecule has 116 valence electrons. The molecule has 0 saturated heterocycles. The van der Waals surface area contributed by atoms with E-state index in [9.17, 15) is 14.9 Å². The van der Waals surface area contributed by atoms with Gasteiger partial charge in [0.1, 0.15) is 0 Å². The fraction of sp³-hybridized carbons (Fsp3) is 0.125. The molecular formula is C16H14N4O3. The molecule has 1 N–H and O–H groups in total. The Hall–Kier alpha value is -3.22. The van der Waals surface area contributed by atoms with E-state index in [0.29, 0.717) is 11.3 Å². The molecule has 0 bridgehead atoms. The van der Waals surface area contributed by atoms with Crippen molar-refractivity contribution in [2.45, 2.75) is 6.54 Å². The maximum Gasteiger partial charge on any atom is 0.275 e. The van der Waals surface area contributed by atoms with Crippen molar-refractivity contribution in [1.29, 1.82) is 0 Å². The van der Waals surface area contributed by atoms with Gasteiger partial charge in [0.25, 0.3) is 11.6 Å². The van der Waals surface area contributed by atoms with Crippen LogP contribution in [-0.4, -0.2) is 33.0 Å². The van der Waals surface area contributed by atoms with Gasteiger partial charge in [-0.25, -0.2) is 0 Å². The number of hydrogen-bond donors (Lipinski definition) is 1. The van der Waals surface area contributed by atoms with Crippen molar-refractivity contribution >= 4 is 22.5 Å². The zero-order valence-electron chi connectivity index (χ0n) is 12.4. The predicted molar refractivity (Wildman–Crippen MR) is 85.0 cm³/mol. The van der Waals surface area contributed by atoms with E-state index in [1.165, 1.54) is 17.0 Å². The van der Waals surface area contributed by atoms with Gasteiger partial charge in [0.05, 0.1) is 10.4 Å². The molecule has 3 rings (SSSR count). The van der Waals surface area contributed by atoms with Crippen LogP contribution in [0.3, 0.4) is 0 Å². The molecule has 1 heterocycles. The first-order chi connectivity index (χ1) is 11.1. The van der Waals surface area contributed by atoms with E-state index in [2.05, 4.69) is 10.2 Å². The Morgan fingerprint density at radius 3 is 2.83 bits per heavy atom. The van der Waals surface area contributed by atoms with E-state index in [4.69, 9.17) is 0 Å². The summed E-state index contributed by atoms with van der Waals surface area (Å²) in [5, 5.41) is 18.5. The van der Waals surface area contributed by atoms with Gasteiger partial charge in [0.15, 0.2) is 5.69 Å². The number of non-ortho nitro benzene ring substituents is 1. The van der Waals surface area contributed by atoms with E-state index in [0.717, 1.165) is 10.9 Å². The predicted octanol–water partition coefficient (Wildman–Crippen LogP) is 2.74. The van der Waals surface area contributed by atoms with Crippen LogP contribution >= 0.6 is 0 Å². The maximum atomic E-state index is 12.6. The molecule has 3 aromatic rings. The summed E-state index contributed by atoms with van der Waals surface area (Å²) in [6, 6.07) is 13.6. The summed E-state index contributed by atoms with van der Waals surface area (Å²) in [6.07, 6.45) is 0. The SMILES string of the molecule is CN(Cc1cccc([N+](=O)[O-])c1)C(=O)c1n[nH]c2ccccc12. The lowest BCUT2D eigenvalue weighted by Crippen LogP contribution is -2.26. The first-order valence-electron chi connectivity index (χ1n) is 6.98. The largest absolute Gasteiger partial charge is 0.336 e. The summed E-state index contributed by atoms with van der Waals surface area (Å²) < 4.78 is 0. The first-order valence-corrected chi connectivity index (χ1v) is 6.98. The Balaban J connectivity index is 1.83. The highest BCUT2D eigenvalue weighted by molar-refractivity contribution is 6.04. The van der Waals surface area contributed by atoms with Gasteiger partial charge in [-0.3, -0.25) is 20.0 Å². The summed E-state index contributed by atoms with van der Waals surface area (Å²) in [4.78, 5) is 24.4. The number of carbonyl (C=O) groups excluding carboxylic acids is 1. The number of amides is 1. The molecule has 0 aliphatic rings. The van der Waals surface area contributed by atoms with Crippen LogP contribution in [0.4, 0.5) is 5.69 Å². The third kappa shape index (κ3) is 2.89. The van der Waals surface area contributed by atoms with Crippen molar-refractivity contribution < 1.29 is 9.72 Å². The van der Waals surface area contributed by atoms with Gasteiger partial charge in [-0.15, -0.1) is 0 Å². The fourth-order valence-electron chi connectivity index (χ4n) is 2.42. The quantitative estimate of drug-likeness (QED) is 0.592. The molecule has 0 aliphatic heterocycles. The highest BCUT2D eigenvalue weighted by Crippen LogP contribution is 2.18. The summed E-state index contributed by atoms with van der Waals surface area (Å²) in [5.41, 5.74) is 1.83. The summed E-state index contributed by atoms with van der Waals surface area (Å²) in [5.74, 6) is -0.242. The number of H-pyrrole nitrogens is 1. The van der Waals surface area contributed by atoms with E-state index < -0.39 is 4.92 Å². The molecule has 2 aromatic carbocycles. The first kappa shape index (κ1) is 14.7. The number of aromatic nitrogens is 2. The smallest absolute Gasteiger partial charge is 0.275 e. The molecule has 0 fully saturated rings. The van der Waals surface area contributed by atoms with E-state index in [1.807, 2.05) is 24.3 Å². The lowest BCUT2D eigenvalue weighted by Gasteiger charge is -2.16. The number of fused-ring (bicyclic) bond motifs is 1. The molecule has 0 aliphatic carbocycles. The number of nitro groups is 1. The molecule has 0 atom stereocenters. The number of aromatic amines is 1. The number of hydrogen-bond acceptors (Lipinski definition) is 4. The molecule has 0 saturated carbocycles. The average Bonchev–Trinajstić information content (AvgIpc) is 2.98. The highest BCUT2D eigenvalue weighted by Gasteiger charge is 2.18. The van der Waals surface area contributed by atoms with Gasteiger partial charge in [0.2, 0.25) is 0 Å². The molecule has 23 heavy (non-hydrogen) atoms. The zero-order valence-corrected chi connectivity index (χ0v) is 12.4. The van der Waals surface area contributed by atoms with Crippen molar-refractivity contribution in [3.8, 4) is 0 Å². The minimum atomic E-state index is -0.452. The summed E-state index contributed by atoms with van der Waals surface area (Å²) >= 11 is 0. The number of rotatable bonds is 4. The van der Waals surface area contributed by atoms with E-state index in [1.54, 1.807) is 19.2 Å². The van der Waals surface area contributed by atoms with Crippen LogP contribution < -0.4 is 0 Å². The van der Waals surface area contributed by atoms with E-state index in [-0.39, 0.29) is 18.1 Å². The topological polar surface area (TPSA) is 92.1 Å². The van der Waals surface area contributed by atoms with Crippen LogP contribution in [0.1, 0.15) is 16.1 Å². The summed E-state index contributed by atoms with van der Waals surface area (Å²) in [6.45, 7) is 0.266. The lowest BCUT2D eigenvalue weighted by molar-refractivity contribution is -0.384. The van der Waals surface area contributed by atoms with Crippen LogP contribution in [0, 0.1) is 10.1 Å². The van der Waals surface area contributed by atoms with Crippen molar-refractivity contribution in [2.75, 3.05) is 7.05 Å². The molecule has 0 radical (unpaired) electrons. The third-order valence-corrected chi connectivity index (χ3v) is 3.56. The maximum absolute atomic E-state index is 12.6. The number of nitrogens with zero attached hydrogens (tertiary/aromatic N) is 3. The molecule has 0 unspecified atom stereocenters. The molecule has 1 amide bonds. The number of nitrogens with one attached hydrogen (secondary N) is 1. The molecule has 1 aromatic heterocycles. The molecule has 7 nitrogen and oxygen atoms in total. The van der Waals surface area contributed by atoms with Crippen molar-refractivity contribution in [1.82, 2.24) is 15.1 Å². The minimum absolute atomic E-state index is 0.00793. The third-order valence-electron chi connectivity index (χ3n) is 3.56. The fourth-order valence-corrected chi connectivity index (χ4v) is 2.42. The van der Waals surface area contributed by atoms with Crippen LogP contribution in [-0.2, 0) is 6.54 Å². The second-order valence-corrected chi connectivity index (χ2v) is 5.21. The number of nitro benzene ring substituents is 1. The second kappa shape index (κ2) is 5.88. The van der Waals surface area contributed by atoms with Gasteiger partial charge < -0.3 is 4.90 Å². The number of carbonyl (C=O) groups is 1. The molecule has 7 heteroatoms. The van der Waals surface area contributed by atoms with Crippen molar-refractivity contribution in [3.05, 3.63) is 69.9 Å². The Labute approximate surface area is 131 Å². The Morgan fingerprint density at radius 1 is 1.26 bits per heavy atom.